The molecule has 0 unspecified atom stereocenters. The molecule has 198 valence electrons. The van der Waals surface area contributed by atoms with E-state index in [0.717, 1.165) is 57.1 Å². The third-order valence-corrected chi connectivity index (χ3v) is 7.58. The Kier molecular flexibility index (Phi) is 6.96. The van der Waals surface area contributed by atoms with Crippen molar-refractivity contribution >= 4 is 28.9 Å². The number of carboxylic acids is 1. The SMILES string of the molecule is C[C@@H](Nc1nc(C(=O)O)nc2nc(NC3CCCCC3)n(Cc3ccc(C(F)(F)F)cc3)c12)C1CCC1. The van der Waals surface area contributed by atoms with Crippen molar-refractivity contribution in [1.82, 2.24) is 19.5 Å². The van der Waals surface area contributed by atoms with Crippen molar-refractivity contribution in [3.8, 4) is 0 Å². The van der Waals surface area contributed by atoms with E-state index < -0.39 is 17.7 Å². The van der Waals surface area contributed by atoms with E-state index in [-0.39, 0.29) is 30.1 Å². The van der Waals surface area contributed by atoms with Crippen molar-refractivity contribution in [1.29, 1.82) is 0 Å². The average Bonchev–Trinajstić information content (AvgIpc) is 3.15. The van der Waals surface area contributed by atoms with Gasteiger partial charge in [0.15, 0.2) is 11.5 Å². The molecule has 8 nitrogen and oxygen atoms in total. The van der Waals surface area contributed by atoms with E-state index in [9.17, 15) is 23.1 Å². The Hall–Kier alpha value is -3.37. The summed E-state index contributed by atoms with van der Waals surface area (Å²) in [4.78, 5) is 25.0. The van der Waals surface area contributed by atoms with Crippen LogP contribution in [-0.4, -0.2) is 42.7 Å². The summed E-state index contributed by atoms with van der Waals surface area (Å²) in [6.45, 7) is 2.28. The Morgan fingerprint density at radius 1 is 1.05 bits per heavy atom. The van der Waals surface area contributed by atoms with Crippen molar-refractivity contribution < 1.29 is 23.1 Å². The Morgan fingerprint density at radius 2 is 1.76 bits per heavy atom. The highest BCUT2D eigenvalue weighted by Gasteiger charge is 2.31. The zero-order valence-electron chi connectivity index (χ0n) is 20.7. The summed E-state index contributed by atoms with van der Waals surface area (Å²) in [5.74, 6) is -0.250. The summed E-state index contributed by atoms with van der Waals surface area (Å²) in [5.41, 5.74) is 0.716. The first-order valence-electron chi connectivity index (χ1n) is 12.9. The molecule has 37 heavy (non-hydrogen) atoms. The fraction of sp³-hybridized carbons (Fsp3) is 0.538. The van der Waals surface area contributed by atoms with Crippen LogP contribution in [0.4, 0.5) is 24.9 Å². The fourth-order valence-corrected chi connectivity index (χ4v) is 5.18. The van der Waals surface area contributed by atoms with Gasteiger partial charge < -0.3 is 20.3 Å². The number of nitrogens with zero attached hydrogens (tertiary/aromatic N) is 4. The lowest BCUT2D eigenvalue weighted by Gasteiger charge is -2.32. The molecule has 11 heteroatoms. The summed E-state index contributed by atoms with van der Waals surface area (Å²) in [6, 6.07) is 5.32. The maximum absolute atomic E-state index is 13.1. The number of aromatic carboxylic acids is 1. The number of imidazole rings is 1. The van der Waals surface area contributed by atoms with Crippen LogP contribution in [0.5, 0.6) is 0 Å². The van der Waals surface area contributed by atoms with Gasteiger partial charge in [-0.1, -0.05) is 37.8 Å². The van der Waals surface area contributed by atoms with Crippen LogP contribution < -0.4 is 10.6 Å². The molecule has 2 heterocycles. The number of fused-ring (bicyclic) bond motifs is 1. The van der Waals surface area contributed by atoms with Gasteiger partial charge in [-0.15, -0.1) is 0 Å². The van der Waals surface area contributed by atoms with Gasteiger partial charge in [-0.2, -0.15) is 18.2 Å². The van der Waals surface area contributed by atoms with Crippen LogP contribution in [-0.2, 0) is 12.7 Å². The number of carbonyl (C=O) groups is 1. The molecule has 2 aliphatic rings. The highest BCUT2D eigenvalue weighted by Crippen LogP contribution is 2.34. The second-order valence-electron chi connectivity index (χ2n) is 10.2. The van der Waals surface area contributed by atoms with Crippen LogP contribution in [0.1, 0.15) is 80.0 Å². The zero-order valence-corrected chi connectivity index (χ0v) is 20.7. The van der Waals surface area contributed by atoms with Gasteiger partial charge >= 0.3 is 12.1 Å². The van der Waals surface area contributed by atoms with Gasteiger partial charge in [-0.05, 0) is 56.2 Å². The molecule has 3 N–H and O–H groups in total. The van der Waals surface area contributed by atoms with Crippen LogP contribution in [0, 0.1) is 5.92 Å². The van der Waals surface area contributed by atoms with Gasteiger partial charge in [0.05, 0.1) is 12.1 Å². The van der Waals surface area contributed by atoms with Gasteiger partial charge in [-0.25, -0.2) is 14.8 Å². The number of hydrogen-bond acceptors (Lipinski definition) is 6. The van der Waals surface area contributed by atoms with E-state index in [4.69, 9.17) is 0 Å². The molecular formula is C26H31F3N6O2. The van der Waals surface area contributed by atoms with E-state index in [1.165, 1.54) is 18.6 Å². The second-order valence-corrected chi connectivity index (χ2v) is 10.2. The first-order chi connectivity index (χ1) is 17.7. The molecule has 0 saturated heterocycles. The topological polar surface area (TPSA) is 105 Å². The van der Waals surface area contributed by atoms with Crippen LogP contribution in [0.2, 0.25) is 0 Å². The molecule has 3 aromatic rings. The summed E-state index contributed by atoms with van der Waals surface area (Å²) >= 11 is 0. The highest BCUT2D eigenvalue weighted by molar-refractivity contribution is 5.91. The van der Waals surface area contributed by atoms with E-state index in [1.807, 2.05) is 4.57 Å². The molecule has 0 bridgehead atoms. The van der Waals surface area contributed by atoms with Crippen LogP contribution in [0.15, 0.2) is 24.3 Å². The quantitative estimate of drug-likeness (QED) is 0.340. The minimum atomic E-state index is -4.41. The van der Waals surface area contributed by atoms with Gasteiger partial charge in [0.1, 0.15) is 5.52 Å². The van der Waals surface area contributed by atoms with E-state index >= 15 is 0 Å². The number of anilines is 2. The van der Waals surface area contributed by atoms with E-state index in [0.29, 0.717) is 28.8 Å². The number of halogens is 3. The standard InChI is InChI=1S/C26H31F3N6O2/c1-15(17-6-5-7-17)30-21-20-22(33-23(32-21)24(36)37)34-25(31-19-8-3-2-4-9-19)35(20)14-16-10-12-18(13-11-16)26(27,28)29/h10-13,15,17,19H,2-9,14H2,1H3,(H,36,37)(H2,30,31,32,33,34)/t15-/m1/s1. The normalized spacial score (nSPS) is 17.9. The molecule has 2 aromatic heterocycles. The number of carboxylic acid groups (broad SMARTS) is 1. The predicted molar refractivity (Wildman–Crippen MR) is 134 cm³/mol. The lowest BCUT2D eigenvalue weighted by molar-refractivity contribution is -0.137. The molecule has 2 fully saturated rings. The van der Waals surface area contributed by atoms with Gasteiger partial charge in [0.25, 0.3) is 0 Å². The maximum atomic E-state index is 13.1. The van der Waals surface area contributed by atoms with Gasteiger partial charge in [-0.3, -0.25) is 0 Å². The average molecular weight is 517 g/mol. The minimum Gasteiger partial charge on any atom is -0.475 e. The van der Waals surface area contributed by atoms with Crippen LogP contribution in [0.3, 0.4) is 0 Å². The molecule has 5 rings (SSSR count). The molecule has 1 atom stereocenters. The number of aromatic nitrogens is 4. The summed E-state index contributed by atoms with van der Waals surface area (Å²) in [7, 11) is 0. The number of rotatable bonds is 8. The molecule has 0 amide bonds. The molecule has 0 spiro atoms. The Bertz CT molecular complexity index is 1260. The summed E-state index contributed by atoms with van der Waals surface area (Å²) in [6.07, 6.45) is 4.29. The molecule has 2 saturated carbocycles. The van der Waals surface area contributed by atoms with Crippen molar-refractivity contribution in [2.75, 3.05) is 10.6 Å². The predicted octanol–water partition coefficient (Wildman–Crippen LogP) is 5.94. The maximum Gasteiger partial charge on any atom is 0.416 e. The summed E-state index contributed by atoms with van der Waals surface area (Å²) in [5, 5.41) is 16.5. The molecule has 0 aliphatic heterocycles. The number of alkyl halides is 3. The van der Waals surface area contributed by atoms with Crippen molar-refractivity contribution in [2.24, 2.45) is 5.92 Å². The third-order valence-electron chi connectivity index (χ3n) is 7.58. The number of nitrogens with one attached hydrogen (secondary N) is 2. The fourth-order valence-electron chi connectivity index (χ4n) is 5.18. The molecular weight excluding hydrogens is 485 g/mol. The largest absolute Gasteiger partial charge is 0.475 e. The van der Waals surface area contributed by atoms with E-state index in [2.05, 4.69) is 32.5 Å². The Balaban J connectivity index is 1.58. The first-order valence-corrected chi connectivity index (χ1v) is 12.9. The van der Waals surface area contributed by atoms with Crippen LogP contribution in [0.25, 0.3) is 11.2 Å². The molecule has 1 aromatic carbocycles. The smallest absolute Gasteiger partial charge is 0.416 e. The van der Waals surface area contributed by atoms with Crippen molar-refractivity contribution in [2.45, 2.75) is 83.1 Å². The second kappa shape index (κ2) is 10.2. The first kappa shape index (κ1) is 25.3. The lowest BCUT2D eigenvalue weighted by atomic mass is 9.80. The zero-order chi connectivity index (χ0) is 26.2. The van der Waals surface area contributed by atoms with Crippen molar-refractivity contribution in [3.05, 3.63) is 41.2 Å². The van der Waals surface area contributed by atoms with Gasteiger partial charge in [0, 0.05) is 12.1 Å². The number of benzene rings is 1. The van der Waals surface area contributed by atoms with Crippen molar-refractivity contribution in [3.63, 3.8) is 0 Å². The third kappa shape index (κ3) is 5.50. The Labute approximate surface area is 212 Å². The van der Waals surface area contributed by atoms with Gasteiger partial charge in [0.2, 0.25) is 11.8 Å². The summed E-state index contributed by atoms with van der Waals surface area (Å²) < 4.78 is 41.2. The highest BCUT2D eigenvalue weighted by atomic mass is 19.4. The minimum absolute atomic E-state index is 0.0673. The van der Waals surface area contributed by atoms with Crippen LogP contribution >= 0.6 is 0 Å². The van der Waals surface area contributed by atoms with E-state index in [1.54, 1.807) is 0 Å². The number of hydrogen-bond donors (Lipinski definition) is 3. The Morgan fingerprint density at radius 3 is 2.35 bits per heavy atom. The molecule has 2 aliphatic carbocycles. The monoisotopic (exact) mass is 516 g/mol. The lowest BCUT2D eigenvalue weighted by Crippen LogP contribution is -2.31. The molecule has 0 radical (unpaired) electrons.